The average Bonchev–Trinajstić information content (AvgIpc) is 3.43. The maximum atomic E-state index is 16.0. The number of benzene rings is 7. The van der Waals surface area contributed by atoms with Gasteiger partial charge < -0.3 is 0 Å². The van der Waals surface area contributed by atoms with Crippen molar-refractivity contribution in [2.24, 2.45) is 0 Å². The van der Waals surface area contributed by atoms with E-state index in [0.717, 1.165) is 65.0 Å². The van der Waals surface area contributed by atoms with Gasteiger partial charge in [-0.1, -0.05) is 121 Å². The number of aromatic nitrogens is 3. The zero-order valence-corrected chi connectivity index (χ0v) is 36.4. The maximum absolute atomic E-state index is 16.0. The largest absolute Gasteiger partial charge is 0.256 e. The Bertz CT molecular complexity index is 3670. The summed E-state index contributed by atoms with van der Waals surface area (Å²) in [5.74, 6) is -4.23. The summed E-state index contributed by atoms with van der Waals surface area (Å²) in [6.07, 6.45) is -8.56. The van der Waals surface area contributed by atoms with Gasteiger partial charge in [-0.3, -0.25) is 15.0 Å². The molecule has 0 amide bonds. The van der Waals surface area contributed by atoms with E-state index in [1.165, 1.54) is 54.6 Å². The minimum Gasteiger partial charge on any atom is -0.256 e. The maximum Gasteiger partial charge on any atom is 0.135 e. The molecule has 3 aromatic heterocycles. The number of nitrogens with zero attached hydrogens (tertiary/aromatic N) is 3. The molecule has 0 unspecified atom stereocenters. The molecule has 336 valence electrons. The molecule has 3 heterocycles. The van der Waals surface area contributed by atoms with Crippen LogP contribution < -0.4 is 0 Å². The Balaban J connectivity index is 1.14. The van der Waals surface area contributed by atoms with Gasteiger partial charge in [0.15, 0.2) is 0 Å². The first kappa shape index (κ1) is 35.8. The molecule has 10 aromatic rings. The van der Waals surface area contributed by atoms with E-state index in [1.807, 2.05) is 91.0 Å². The van der Waals surface area contributed by atoms with E-state index in [1.54, 1.807) is 6.20 Å². The standard InChI is InChI=1S/C61H42F5N3/c62-48-21-24-51(56-38-69-61(46-9-5-2-6-10-46)35-55(56)45-19-17-44(18-20-45)43-7-3-1-4-8-43)54(32-48)47-30-41(13-11-39-15-27-59(67-36-39)52-25-22-49(63)33-57(52)65)29-42(31-47)14-12-40-16-28-60(68-37-40)53-26-23-50(64)34-58(53)66/h1-10,15-38H,11-14H2/i11D2,12D2,13D2,14D2. The number of aryl methyl sites for hydroxylation is 4. The van der Waals surface area contributed by atoms with Crippen LogP contribution in [0.4, 0.5) is 22.0 Å². The van der Waals surface area contributed by atoms with Crippen molar-refractivity contribution in [2.75, 3.05) is 0 Å². The first-order chi connectivity index (χ1) is 36.7. The highest BCUT2D eigenvalue weighted by Gasteiger charge is 2.18. The van der Waals surface area contributed by atoms with E-state index in [2.05, 4.69) is 9.97 Å². The van der Waals surface area contributed by atoms with Crippen LogP contribution in [-0.2, 0) is 25.5 Å². The van der Waals surface area contributed by atoms with Crippen LogP contribution in [0.5, 0.6) is 0 Å². The highest BCUT2D eigenvalue weighted by atomic mass is 19.1. The second-order valence-electron chi connectivity index (χ2n) is 16.0. The lowest BCUT2D eigenvalue weighted by atomic mass is 9.87. The van der Waals surface area contributed by atoms with Gasteiger partial charge in [0.25, 0.3) is 0 Å². The molecule has 0 atom stereocenters. The molecule has 0 radical (unpaired) electrons. The number of rotatable bonds is 13. The molecule has 0 spiro atoms. The predicted octanol–water partition coefficient (Wildman–Crippen LogP) is 15.8. The molecule has 0 fully saturated rings. The molecule has 0 aliphatic carbocycles. The van der Waals surface area contributed by atoms with E-state index in [9.17, 15) is 28.5 Å². The SMILES string of the molecule is [2H]C([2H])(c1ccc(-c2ccc(F)cc2F)nc1)C([2H])([2H])c1cc(-c2cc(F)ccc2-c2cnc(-c3ccccc3)cc2-c2ccc(-c3ccccc3)cc2)cc(C([2H])([2H])C([2H])([2H])c2ccc(-c3ccc(F)cc3F)nc2)c1. The summed E-state index contributed by atoms with van der Waals surface area (Å²) in [6, 6.07) is 47.0. The van der Waals surface area contributed by atoms with Gasteiger partial charge in [0.05, 0.1) is 17.1 Å². The van der Waals surface area contributed by atoms with Crippen molar-refractivity contribution in [3.05, 3.63) is 258 Å². The number of halogens is 5. The van der Waals surface area contributed by atoms with Crippen LogP contribution in [0, 0.1) is 29.1 Å². The Morgan fingerprint density at radius 1 is 0.290 bits per heavy atom. The van der Waals surface area contributed by atoms with Gasteiger partial charge in [0.1, 0.15) is 29.1 Å². The van der Waals surface area contributed by atoms with Crippen molar-refractivity contribution < 1.29 is 32.9 Å². The normalized spacial score (nSPS) is 13.8. The van der Waals surface area contributed by atoms with Gasteiger partial charge >= 0.3 is 0 Å². The smallest absolute Gasteiger partial charge is 0.135 e. The number of pyridine rings is 3. The zero-order chi connectivity index (χ0) is 54.4. The van der Waals surface area contributed by atoms with Crippen LogP contribution in [0.15, 0.2) is 207 Å². The minimum absolute atomic E-state index is 0.00377. The molecular formula is C61H42F5N3. The van der Waals surface area contributed by atoms with Gasteiger partial charge in [-0.05, 0) is 141 Å². The van der Waals surface area contributed by atoms with E-state index < -0.39 is 65.7 Å². The van der Waals surface area contributed by atoms with Crippen LogP contribution in [0.2, 0.25) is 0 Å². The summed E-state index contributed by atoms with van der Waals surface area (Å²) < 4.78 is 149. The lowest BCUT2D eigenvalue weighted by Gasteiger charge is -2.18. The van der Waals surface area contributed by atoms with E-state index >= 15 is 4.39 Å². The van der Waals surface area contributed by atoms with Gasteiger partial charge in [-0.25, -0.2) is 22.0 Å². The summed E-state index contributed by atoms with van der Waals surface area (Å²) in [5.41, 5.74) is 3.93. The third-order valence-corrected chi connectivity index (χ3v) is 11.4. The quantitative estimate of drug-likeness (QED) is 0.108. The van der Waals surface area contributed by atoms with Crippen LogP contribution >= 0.6 is 0 Å². The molecule has 7 aromatic carbocycles. The average molecular weight is 920 g/mol. The second kappa shape index (κ2) is 19.9. The Morgan fingerprint density at radius 3 is 1.26 bits per heavy atom. The second-order valence-corrected chi connectivity index (χ2v) is 16.0. The van der Waals surface area contributed by atoms with Gasteiger partial charge in [0, 0.05) is 63.9 Å². The molecule has 0 aliphatic rings. The number of hydrogen-bond acceptors (Lipinski definition) is 3. The fraction of sp³-hybridized carbons (Fsp3) is 0.0656. The van der Waals surface area contributed by atoms with Crippen molar-refractivity contribution in [1.29, 1.82) is 0 Å². The van der Waals surface area contributed by atoms with E-state index in [-0.39, 0.29) is 44.8 Å². The Hall–Kier alpha value is -8.36. The van der Waals surface area contributed by atoms with E-state index in [0.29, 0.717) is 34.5 Å². The summed E-state index contributed by atoms with van der Waals surface area (Å²) in [4.78, 5) is 13.2. The summed E-state index contributed by atoms with van der Waals surface area (Å²) in [7, 11) is 0. The first-order valence-corrected chi connectivity index (χ1v) is 21.7. The minimum atomic E-state index is -3.11. The molecule has 0 bridgehead atoms. The Kier molecular flexibility index (Phi) is 10.3. The van der Waals surface area contributed by atoms with Crippen LogP contribution in [0.3, 0.4) is 0 Å². The van der Waals surface area contributed by atoms with Crippen molar-refractivity contribution in [1.82, 2.24) is 15.0 Å². The lowest BCUT2D eigenvalue weighted by Crippen LogP contribution is -1.99. The molecular weight excluding hydrogens is 870 g/mol. The molecule has 0 saturated carbocycles. The van der Waals surface area contributed by atoms with Crippen LogP contribution in [-0.4, -0.2) is 15.0 Å². The molecule has 0 N–H and O–H groups in total. The highest BCUT2D eigenvalue weighted by Crippen LogP contribution is 2.41. The molecule has 3 nitrogen and oxygen atoms in total. The van der Waals surface area contributed by atoms with Crippen LogP contribution in [0.1, 0.15) is 33.2 Å². The van der Waals surface area contributed by atoms with Gasteiger partial charge in [-0.15, -0.1) is 0 Å². The third kappa shape index (κ3) is 10.2. The lowest BCUT2D eigenvalue weighted by molar-refractivity contribution is 0.584. The predicted molar refractivity (Wildman–Crippen MR) is 265 cm³/mol. The van der Waals surface area contributed by atoms with Crippen molar-refractivity contribution in [2.45, 2.75) is 25.5 Å². The zero-order valence-electron chi connectivity index (χ0n) is 44.4. The van der Waals surface area contributed by atoms with Crippen molar-refractivity contribution >= 4 is 0 Å². The summed E-state index contributed by atoms with van der Waals surface area (Å²) in [5, 5.41) is 0. The molecule has 0 saturated heterocycles. The van der Waals surface area contributed by atoms with E-state index in [4.69, 9.17) is 4.98 Å². The van der Waals surface area contributed by atoms with Gasteiger partial charge in [0.2, 0.25) is 0 Å². The van der Waals surface area contributed by atoms with Crippen LogP contribution in [0.25, 0.3) is 78.3 Å². The monoisotopic (exact) mass is 919 g/mol. The van der Waals surface area contributed by atoms with Crippen molar-refractivity contribution in [3.8, 4) is 78.3 Å². The molecule has 69 heavy (non-hydrogen) atoms. The summed E-state index contributed by atoms with van der Waals surface area (Å²) in [6.45, 7) is 0. The Morgan fingerprint density at radius 2 is 0.739 bits per heavy atom. The molecule has 8 heteroatoms. The third-order valence-electron chi connectivity index (χ3n) is 11.4. The number of hydrogen-bond donors (Lipinski definition) is 0. The fourth-order valence-corrected chi connectivity index (χ4v) is 8.00. The van der Waals surface area contributed by atoms with Gasteiger partial charge in [-0.2, -0.15) is 0 Å². The first-order valence-electron chi connectivity index (χ1n) is 25.7. The van der Waals surface area contributed by atoms with Crippen molar-refractivity contribution in [3.63, 3.8) is 0 Å². The molecule has 0 aliphatic heterocycles. The highest BCUT2D eigenvalue weighted by molar-refractivity contribution is 5.93. The topological polar surface area (TPSA) is 38.7 Å². The fourth-order valence-electron chi connectivity index (χ4n) is 8.00. The Labute approximate surface area is 408 Å². The molecule has 10 rings (SSSR count). The summed E-state index contributed by atoms with van der Waals surface area (Å²) >= 11 is 0.